The highest BCUT2D eigenvalue weighted by Crippen LogP contribution is 2.10. The largest absolute Gasteiger partial charge is 0.356 e. The molecule has 1 aromatic carbocycles. The van der Waals surface area contributed by atoms with E-state index in [2.05, 4.69) is 11.9 Å². The van der Waals surface area contributed by atoms with Gasteiger partial charge in [-0.1, -0.05) is 49.1 Å². The maximum Gasteiger partial charge on any atom is 0.0384 e. The Hall–Kier alpha value is -2.02. The predicted molar refractivity (Wildman–Crippen MR) is 72.3 cm³/mol. The molecule has 1 nitrogen and oxygen atoms in total. The van der Waals surface area contributed by atoms with E-state index in [1.165, 1.54) is 0 Å². The van der Waals surface area contributed by atoms with Crippen molar-refractivity contribution in [2.75, 3.05) is 5.32 Å². The average molecular weight is 211 g/mol. The van der Waals surface area contributed by atoms with Gasteiger partial charge in [0.1, 0.15) is 0 Å². The van der Waals surface area contributed by atoms with Crippen LogP contribution in [0.1, 0.15) is 6.92 Å². The molecular weight excluding hydrogens is 194 g/mol. The number of para-hydroxylation sites is 1. The molecule has 1 rings (SSSR count). The molecule has 0 aliphatic rings. The Morgan fingerprint density at radius 2 is 1.94 bits per heavy atom. The third-order valence-corrected chi connectivity index (χ3v) is 1.94. The van der Waals surface area contributed by atoms with E-state index in [1.807, 2.05) is 67.6 Å². The summed E-state index contributed by atoms with van der Waals surface area (Å²) < 4.78 is 0. The van der Waals surface area contributed by atoms with Crippen LogP contribution in [0.25, 0.3) is 0 Å². The highest BCUT2D eigenvalue weighted by molar-refractivity contribution is 5.51. The summed E-state index contributed by atoms with van der Waals surface area (Å²) in [5.74, 6) is 0. The maximum atomic E-state index is 3.66. The van der Waals surface area contributed by atoms with E-state index in [0.29, 0.717) is 0 Å². The van der Waals surface area contributed by atoms with Gasteiger partial charge >= 0.3 is 0 Å². The van der Waals surface area contributed by atoms with E-state index in [9.17, 15) is 0 Å². The fourth-order valence-electron chi connectivity index (χ4n) is 1.20. The number of hydrogen-bond acceptors (Lipinski definition) is 1. The van der Waals surface area contributed by atoms with Crippen LogP contribution >= 0.6 is 0 Å². The normalized spacial score (nSPS) is 12.2. The van der Waals surface area contributed by atoms with Crippen LogP contribution in [-0.4, -0.2) is 0 Å². The van der Waals surface area contributed by atoms with Crippen molar-refractivity contribution in [3.8, 4) is 0 Å². The number of benzene rings is 1. The van der Waals surface area contributed by atoms with Crippen molar-refractivity contribution in [1.82, 2.24) is 0 Å². The number of nitrogens with one attached hydrogen (secondary N) is 1. The van der Waals surface area contributed by atoms with Gasteiger partial charge in [-0.05, 0) is 31.2 Å². The predicted octanol–water partition coefficient (Wildman–Crippen LogP) is 4.30. The first-order valence-electron chi connectivity index (χ1n) is 5.31. The zero-order chi connectivity index (χ0) is 11.6. The zero-order valence-electron chi connectivity index (χ0n) is 9.56. The molecule has 0 spiro atoms. The van der Waals surface area contributed by atoms with Gasteiger partial charge in [0, 0.05) is 11.4 Å². The van der Waals surface area contributed by atoms with Gasteiger partial charge in [-0.15, -0.1) is 0 Å². The first kappa shape index (κ1) is 12.1. The molecule has 16 heavy (non-hydrogen) atoms. The minimum Gasteiger partial charge on any atom is -0.356 e. The van der Waals surface area contributed by atoms with Crippen molar-refractivity contribution in [3.63, 3.8) is 0 Å². The highest BCUT2D eigenvalue weighted by atomic mass is 14.9. The fraction of sp³-hybridized carbons (Fsp3) is 0.0667. The van der Waals surface area contributed by atoms with Crippen LogP contribution in [-0.2, 0) is 0 Å². The third kappa shape index (κ3) is 4.47. The summed E-state index contributed by atoms with van der Waals surface area (Å²) in [6.45, 7) is 5.65. The highest BCUT2D eigenvalue weighted by Gasteiger charge is 1.91. The number of allylic oxidation sites excluding steroid dienone is 6. The van der Waals surface area contributed by atoms with Gasteiger partial charge in [0.25, 0.3) is 0 Å². The quantitative estimate of drug-likeness (QED) is 0.716. The smallest absolute Gasteiger partial charge is 0.0384 e. The first-order chi connectivity index (χ1) is 7.86. The molecule has 0 atom stereocenters. The van der Waals surface area contributed by atoms with Crippen molar-refractivity contribution in [2.45, 2.75) is 6.92 Å². The first-order valence-corrected chi connectivity index (χ1v) is 5.31. The van der Waals surface area contributed by atoms with Gasteiger partial charge in [0.2, 0.25) is 0 Å². The molecule has 0 radical (unpaired) electrons. The zero-order valence-corrected chi connectivity index (χ0v) is 9.56. The van der Waals surface area contributed by atoms with Crippen LogP contribution in [0.5, 0.6) is 0 Å². The number of anilines is 1. The SMILES string of the molecule is C=C\C=C/C(=C\C=C/C)Nc1ccccc1. The molecule has 0 amide bonds. The number of hydrogen-bond donors (Lipinski definition) is 1. The van der Waals surface area contributed by atoms with Crippen LogP contribution < -0.4 is 5.32 Å². The van der Waals surface area contributed by atoms with Crippen LogP contribution in [0.15, 0.2) is 79.1 Å². The Labute approximate surface area is 97.5 Å². The van der Waals surface area contributed by atoms with E-state index in [1.54, 1.807) is 6.08 Å². The molecule has 0 saturated heterocycles. The minimum absolute atomic E-state index is 1.03. The Morgan fingerprint density at radius 1 is 1.19 bits per heavy atom. The number of rotatable bonds is 5. The summed E-state index contributed by atoms with van der Waals surface area (Å²) in [7, 11) is 0. The summed E-state index contributed by atoms with van der Waals surface area (Å²) >= 11 is 0. The lowest BCUT2D eigenvalue weighted by Crippen LogP contribution is -1.95. The van der Waals surface area contributed by atoms with Gasteiger partial charge in [-0.2, -0.15) is 0 Å². The van der Waals surface area contributed by atoms with Crippen molar-refractivity contribution in [1.29, 1.82) is 0 Å². The summed E-state index contributed by atoms with van der Waals surface area (Å²) in [5.41, 5.74) is 2.11. The van der Waals surface area contributed by atoms with Crippen LogP contribution in [0.2, 0.25) is 0 Å². The van der Waals surface area contributed by atoms with E-state index in [4.69, 9.17) is 0 Å². The van der Waals surface area contributed by atoms with Crippen LogP contribution in [0, 0.1) is 0 Å². The molecule has 1 heteroatoms. The fourth-order valence-corrected chi connectivity index (χ4v) is 1.20. The molecule has 0 aliphatic carbocycles. The molecule has 0 fully saturated rings. The van der Waals surface area contributed by atoms with E-state index >= 15 is 0 Å². The standard InChI is InChI=1S/C15H17N/c1-3-5-10-14(11-6-4-2)16-15-12-8-7-9-13-15/h3-13,16H,1H2,2H3/b6-4-,10-5-,14-11+. The van der Waals surface area contributed by atoms with E-state index in [-0.39, 0.29) is 0 Å². The summed E-state index contributed by atoms with van der Waals surface area (Å²) in [4.78, 5) is 0. The summed E-state index contributed by atoms with van der Waals surface area (Å²) in [6, 6.07) is 10.1. The second-order valence-corrected chi connectivity index (χ2v) is 3.23. The van der Waals surface area contributed by atoms with Gasteiger partial charge < -0.3 is 5.32 Å². The minimum atomic E-state index is 1.03. The van der Waals surface area contributed by atoms with Crippen LogP contribution in [0.4, 0.5) is 5.69 Å². The van der Waals surface area contributed by atoms with Crippen molar-refractivity contribution in [3.05, 3.63) is 79.1 Å². The van der Waals surface area contributed by atoms with Crippen molar-refractivity contribution in [2.24, 2.45) is 0 Å². The average Bonchev–Trinajstić information content (AvgIpc) is 2.34. The third-order valence-electron chi connectivity index (χ3n) is 1.94. The van der Waals surface area contributed by atoms with E-state index in [0.717, 1.165) is 11.4 Å². The Morgan fingerprint density at radius 3 is 2.56 bits per heavy atom. The molecule has 1 aromatic rings. The van der Waals surface area contributed by atoms with Gasteiger partial charge in [-0.25, -0.2) is 0 Å². The molecule has 0 aliphatic heterocycles. The lowest BCUT2D eigenvalue weighted by molar-refractivity contribution is 1.47. The van der Waals surface area contributed by atoms with Crippen molar-refractivity contribution >= 4 is 5.69 Å². The molecule has 0 aromatic heterocycles. The topological polar surface area (TPSA) is 12.0 Å². The Balaban J connectivity index is 2.78. The second kappa shape index (κ2) is 7.30. The molecule has 1 N–H and O–H groups in total. The summed E-state index contributed by atoms with van der Waals surface area (Å²) in [6.07, 6.45) is 11.7. The Kier molecular flexibility index (Phi) is 5.49. The molecule has 0 bridgehead atoms. The molecule has 82 valence electrons. The molecular formula is C15H17N. The molecule has 0 saturated carbocycles. The molecule has 0 heterocycles. The van der Waals surface area contributed by atoms with Gasteiger partial charge in [0.05, 0.1) is 0 Å². The maximum absolute atomic E-state index is 3.66. The monoisotopic (exact) mass is 211 g/mol. The summed E-state index contributed by atoms with van der Waals surface area (Å²) in [5, 5.41) is 3.32. The van der Waals surface area contributed by atoms with Crippen LogP contribution in [0.3, 0.4) is 0 Å². The lowest BCUT2D eigenvalue weighted by atomic mass is 10.2. The van der Waals surface area contributed by atoms with E-state index < -0.39 is 0 Å². The van der Waals surface area contributed by atoms with Gasteiger partial charge in [0.15, 0.2) is 0 Å². The lowest BCUT2D eigenvalue weighted by Gasteiger charge is -2.05. The van der Waals surface area contributed by atoms with Gasteiger partial charge in [-0.3, -0.25) is 0 Å². The Bertz CT molecular complexity index is 397. The molecule has 0 unspecified atom stereocenters. The second-order valence-electron chi connectivity index (χ2n) is 3.23. The van der Waals surface area contributed by atoms with Crippen molar-refractivity contribution < 1.29 is 0 Å².